The minimum Gasteiger partial charge on any atom is -0.481 e. The van der Waals surface area contributed by atoms with Gasteiger partial charge in [0.1, 0.15) is 91.7 Å². The topological polar surface area (TPSA) is 388 Å². The molecule has 77 heavy (non-hydrogen) atoms. The fourth-order valence-corrected chi connectivity index (χ4v) is 16.1. The Labute approximate surface area is 446 Å². The molecule has 24 heteroatoms. The highest BCUT2D eigenvalue weighted by Crippen LogP contribution is 2.76. The first-order valence-corrected chi connectivity index (χ1v) is 27.2. The molecule has 13 N–H and O–H groups in total. The van der Waals surface area contributed by atoms with Crippen molar-refractivity contribution >= 4 is 18.2 Å². The summed E-state index contributed by atoms with van der Waals surface area (Å²) in [5.41, 5.74) is -1.90. The molecule has 438 valence electrons. The molecule has 0 unspecified atom stereocenters. The fraction of sp³-hybridized carbons (Fsp3) is 0.906. The van der Waals surface area contributed by atoms with Gasteiger partial charge in [-0.05, 0) is 104 Å². The number of aliphatic hydroxyl groups is 11. The molecule has 0 radical (unpaired) electrons. The van der Waals surface area contributed by atoms with E-state index in [1.165, 1.54) is 5.57 Å². The number of aldehydes is 1. The molecule has 24 nitrogen and oxygen atoms in total. The summed E-state index contributed by atoms with van der Waals surface area (Å²) >= 11 is 0. The molecule has 0 spiro atoms. The van der Waals surface area contributed by atoms with Crippen molar-refractivity contribution in [3.8, 4) is 0 Å². The van der Waals surface area contributed by atoms with Gasteiger partial charge >= 0.3 is 11.9 Å². The predicted octanol–water partition coefficient (Wildman–Crippen LogP) is -1.56. The Morgan fingerprint density at radius 1 is 0.649 bits per heavy atom. The number of carboxylic acid groups (broad SMARTS) is 2. The van der Waals surface area contributed by atoms with Crippen LogP contribution in [-0.4, -0.2) is 227 Å². The number of rotatable bonds is 13. The van der Waals surface area contributed by atoms with Crippen LogP contribution >= 0.6 is 0 Å². The number of aliphatic hydroxyl groups excluding tert-OH is 11. The number of allylic oxidation sites excluding steroid dienone is 2. The van der Waals surface area contributed by atoms with Gasteiger partial charge in [0.25, 0.3) is 0 Å². The lowest BCUT2D eigenvalue weighted by Gasteiger charge is -2.71. The molecule has 4 aliphatic heterocycles. The highest BCUT2D eigenvalue weighted by molar-refractivity contribution is 5.77. The monoisotopic (exact) mass is 1100 g/mol. The number of carboxylic acids is 2. The van der Waals surface area contributed by atoms with Gasteiger partial charge in [0.2, 0.25) is 0 Å². The van der Waals surface area contributed by atoms with Crippen molar-refractivity contribution < 1.29 is 119 Å². The van der Waals surface area contributed by atoms with Gasteiger partial charge in [-0.25, -0.2) is 4.79 Å². The number of fused-ring (bicyclic) bond motifs is 7. The Morgan fingerprint density at radius 2 is 1.26 bits per heavy atom. The maximum atomic E-state index is 13.9. The quantitative estimate of drug-likeness (QED) is 0.0563. The smallest absolute Gasteiger partial charge is 0.335 e. The van der Waals surface area contributed by atoms with Crippen LogP contribution in [0.25, 0.3) is 0 Å². The Balaban J connectivity index is 0.984. The van der Waals surface area contributed by atoms with E-state index in [0.717, 1.165) is 32.0 Å². The van der Waals surface area contributed by atoms with Crippen molar-refractivity contribution in [1.29, 1.82) is 0 Å². The number of hydrogen-bond acceptors (Lipinski definition) is 22. The molecule has 0 aromatic rings. The van der Waals surface area contributed by atoms with Crippen molar-refractivity contribution in [2.75, 3.05) is 19.8 Å². The molecule has 9 rings (SSSR count). The van der Waals surface area contributed by atoms with Crippen LogP contribution in [0, 0.1) is 50.2 Å². The van der Waals surface area contributed by atoms with Crippen molar-refractivity contribution in [3.63, 3.8) is 0 Å². The third kappa shape index (κ3) is 9.66. The fourth-order valence-electron chi connectivity index (χ4n) is 16.1. The molecule has 0 aromatic carbocycles. The first kappa shape index (κ1) is 59.2. The van der Waals surface area contributed by atoms with Gasteiger partial charge in [-0.2, -0.15) is 0 Å². The second-order valence-corrected chi connectivity index (χ2v) is 25.6. The molecule has 9 aliphatic rings. The molecule has 4 saturated carbocycles. The summed E-state index contributed by atoms with van der Waals surface area (Å²) in [6.45, 7) is 10.9. The summed E-state index contributed by atoms with van der Waals surface area (Å²) in [5.74, 6) is -2.78. The van der Waals surface area contributed by atoms with Crippen LogP contribution in [0.2, 0.25) is 0 Å². The van der Waals surface area contributed by atoms with Crippen LogP contribution in [0.1, 0.15) is 106 Å². The minimum absolute atomic E-state index is 0.0210. The first-order valence-electron chi connectivity index (χ1n) is 27.2. The molecule has 5 aliphatic carbocycles. The minimum atomic E-state index is -2.17. The van der Waals surface area contributed by atoms with Crippen molar-refractivity contribution in [1.82, 2.24) is 0 Å². The zero-order valence-electron chi connectivity index (χ0n) is 44.4. The number of carbonyl (C=O) groups excluding carboxylic acids is 1. The number of hydrogen-bond donors (Lipinski definition) is 13. The zero-order chi connectivity index (χ0) is 56.3. The number of carbonyl (C=O) groups is 3. The first-order chi connectivity index (χ1) is 36.0. The van der Waals surface area contributed by atoms with E-state index in [9.17, 15) is 80.8 Å². The maximum absolute atomic E-state index is 13.9. The van der Waals surface area contributed by atoms with E-state index in [1.807, 2.05) is 0 Å². The van der Waals surface area contributed by atoms with Gasteiger partial charge in [0.15, 0.2) is 31.3 Å². The molecule has 0 amide bonds. The summed E-state index contributed by atoms with van der Waals surface area (Å²) in [6, 6.07) is 0. The highest BCUT2D eigenvalue weighted by atomic mass is 16.8. The van der Waals surface area contributed by atoms with Crippen LogP contribution in [-0.2, 0) is 52.3 Å². The molecule has 28 atom stereocenters. The van der Waals surface area contributed by atoms with Crippen LogP contribution in [0.15, 0.2) is 11.6 Å². The van der Waals surface area contributed by atoms with Gasteiger partial charge in [-0.3, -0.25) is 4.79 Å². The Kier molecular flexibility index (Phi) is 16.5. The maximum Gasteiger partial charge on any atom is 0.335 e. The van der Waals surface area contributed by atoms with E-state index < -0.39 is 171 Å². The zero-order valence-corrected chi connectivity index (χ0v) is 44.4. The van der Waals surface area contributed by atoms with Gasteiger partial charge in [0.05, 0.1) is 36.8 Å². The van der Waals surface area contributed by atoms with E-state index in [0.29, 0.717) is 32.1 Å². The molecular formula is C53H82O24. The summed E-state index contributed by atoms with van der Waals surface area (Å²) in [7, 11) is 0. The van der Waals surface area contributed by atoms with Crippen molar-refractivity contribution in [3.05, 3.63) is 11.6 Å². The van der Waals surface area contributed by atoms with E-state index in [4.69, 9.17) is 37.9 Å². The SMILES string of the molecule is CC1(C)CC[C@]2(C(=O)O)CC[C@]3(C)C(=CC[C@H]4[C@@]5(C)CC[C@H](O[C@@H]6O[C@H](C(=O)O)[C@@H](O[C@H]7OC[C@H](O)[C@H](O)[C@H]7O)[C@H](O[C@@H]7O[C@H](CO[C@@H]8O[C@H](CO)[C@H](O)[C@H](O)[C@H]8O)[C@@H](O)[C@H](O)[C@H]7O)[C@H]6O)[C@@](C)(C=O)[C@@H]5CC[C@]43C)[C@H]2C1. The lowest BCUT2D eigenvalue weighted by molar-refractivity contribution is -0.386. The molecule has 8 fully saturated rings. The van der Waals surface area contributed by atoms with Gasteiger partial charge < -0.3 is 109 Å². The number of ether oxygens (including phenoxy) is 8. The van der Waals surface area contributed by atoms with E-state index >= 15 is 0 Å². The average Bonchev–Trinajstić information content (AvgIpc) is 3.51. The van der Waals surface area contributed by atoms with Crippen LogP contribution in [0.3, 0.4) is 0 Å². The third-order valence-corrected chi connectivity index (χ3v) is 21.0. The van der Waals surface area contributed by atoms with Crippen LogP contribution in [0.4, 0.5) is 0 Å². The Morgan fingerprint density at radius 3 is 1.91 bits per heavy atom. The molecule has 0 bridgehead atoms. The average molecular weight is 1100 g/mol. The van der Waals surface area contributed by atoms with Crippen molar-refractivity contribution in [2.24, 2.45) is 50.2 Å². The number of aliphatic carboxylic acids is 2. The summed E-state index contributed by atoms with van der Waals surface area (Å²) in [4.78, 5) is 40.3. The predicted molar refractivity (Wildman–Crippen MR) is 258 cm³/mol. The lowest BCUT2D eigenvalue weighted by Crippen LogP contribution is -2.68. The van der Waals surface area contributed by atoms with E-state index in [1.54, 1.807) is 6.92 Å². The van der Waals surface area contributed by atoms with E-state index in [2.05, 4.69) is 40.7 Å². The Hall–Kier alpha value is -2.41. The van der Waals surface area contributed by atoms with Gasteiger partial charge in [-0.1, -0.05) is 53.2 Å². The third-order valence-electron chi connectivity index (χ3n) is 21.0. The second kappa shape index (κ2) is 21.4. The standard InChI is InChI=1S/C53H82O24/c1-48(2)13-15-53(47(68)69)16-14-51(5)22(23(53)17-48)7-8-28-49(3)11-10-29(50(4,21-55)27(49)9-12-52(28,51)6)74-46-38(65)39(40(41(77-46)42(66)67)76-44-35(62)30(57)24(56)19-70-44)75-45-37(64)34(61)32(59)26(73-45)20-71-43-36(63)33(60)31(58)25(18-54)72-43/h7,21,23-41,43-46,54,56-65H,8-20H2,1-6H3,(H,66,67)(H,68,69)/t23-,24+,25-,26-,27-,28+,29+,30+,31+,32-,33+,34+,35-,36-,37-,38-,39-,40+,41+,43-,44-,45+,46-,49+,50+,51-,52-,53+/m1/s1. The molecule has 0 aromatic heterocycles. The summed E-state index contributed by atoms with van der Waals surface area (Å²) in [5, 5.41) is 140. The summed E-state index contributed by atoms with van der Waals surface area (Å²) in [6.07, 6.45) is -27.6. The van der Waals surface area contributed by atoms with Crippen LogP contribution in [0.5, 0.6) is 0 Å². The summed E-state index contributed by atoms with van der Waals surface area (Å²) < 4.78 is 46.9. The van der Waals surface area contributed by atoms with E-state index in [-0.39, 0.29) is 40.4 Å². The van der Waals surface area contributed by atoms with Gasteiger partial charge in [-0.15, -0.1) is 0 Å². The normalized spacial score (nSPS) is 53.6. The van der Waals surface area contributed by atoms with Crippen LogP contribution < -0.4 is 0 Å². The Bertz CT molecular complexity index is 2200. The molecule has 4 heterocycles. The van der Waals surface area contributed by atoms with Gasteiger partial charge in [0, 0.05) is 0 Å². The highest BCUT2D eigenvalue weighted by Gasteiger charge is 2.71. The lowest BCUT2D eigenvalue weighted by atomic mass is 9.33. The largest absolute Gasteiger partial charge is 0.481 e. The molecule has 4 saturated heterocycles. The molecular weight excluding hydrogens is 1020 g/mol. The van der Waals surface area contributed by atoms with Crippen molar-refractivity contribution in [2.45, 2.75) is 229 Å². The second-order valence-electron chi connectivity index (χ2n) is 25.6.